The molecule has 0 aromatic carbocycles. The molecule has 0 aliphatic rings. The quantitative estimate of drug-likeness (QED) is 0.825. The zero-order valence-electron chi connectivity index (χ0n) is 12.2. The van der Waals surface area contributed by atoms with Gasteiger partial charge in [0.1, 0.15) is 12.3 Å². The molecule has 2 N–H and O–H groups in total. The Hall–Kier alpha value is -2.50. The van der Waals surface area contributed by atoms with Crippen molar-refractivity contribution < 1.29 is 14.3 Å². The second-order valence-electron chi connectivity index (χ2n) is 4.60. The van der Waals surface area contributed by atoms with E-state index in [0.29, 0.717) is 23.0 Å². The number of nitrogen functional groups attached to an aromatic ring is 1. The van der Waals surface area contributed by atoms with Gasteiger partial charge in [0, 0.05) is 18.8 Å². The van der Waals surface area contributed by atoms with E-state index in [9.17, 15) is 4.79 Å². The normalized spacial score (nSPS) is 10.4. The summed E-state index contributed by atoms with van der Waals surface area (Å²) in [7, 11) is 1.54. The van der Waals surface area contributed by atoms with Gasteiger partial charge in [-0.1, -0.05) is 13.0 Å². The molecular formula is C15H19N3O3. The fraction of sp³-hybridized carbons (Fsp3) is 0.333. The third-order valence-electron chi connectivity index (χ3n) is 2.93. The number of anilines is 1. The molecule has 0 saturated heterocycles. The smallest absolute Gasteiger partial charge is 0.355 e. The molecule has 0 amide bonds. The molecule has 0 fully saturated rings. The van der Waals surface area contributed by atoms with Gasteiger partial charge in [0.15, 0.2) is 0 Å². The summed E-state index contributed by atoms with van der Waals surface area (Å²) in [5.41, 5.74) is 7.37. The number of pyridine rings is 1. The zero-order valence-corrected chi connectivity index (χ0v) is 12.2. The van der Waals surface area contributed by atoms with Gasteiger partial charge < -0.3 is 19.8 Å². The van der Waals surface area contributed by atoms with Gasteiger partial charge in [-0.25, -0.2) is 9.78 Å². The third kappa shape index (κ3) is 3.75. The monoisotopic (exact) mass is 289 g/mol. The maximum atomic E-state index is 12.1. The van der Waals surface area contributed by atoms with E-state index >= 15 is 0 Å². The first-order chi connectivity index (χ1) is 10.1. The number of nitrogens with two attached hydrogens (primary N) is 1. The molecule has 0 unspecified atom stereocenters. The highest BCUT2D eigenvalue weighted by molar-refractivity contribution is 5.89. The van der Waals surface area contributed by atoms with Crippen LogP contribution >= 0.6 is 0 Å². The number of hydrogen-bond donors (Lipinski definition) is 1. The predicted molar refractivity (Wildman–Crippen MR) is 79.0 cm³/mol. The van der Waals surface area contributed by atoms with Crippen LogP contribution in [0.1, 0.15) is 29.5 Å². The number of hydrogen-bond acceptors (Lipinski definition) is 5. The Morgan fingerprint density at radius 2 is 2.24 bits per heavy atom. The van der Waals surface area contributed by atoms with Gasteiger partial charge in [0.05, 0.1) is 18.5 Å². The van der Waals surface area contributed by atoms with Gasteiger partial charge in [-0.15, -0.1) is 0 Å². The number of carbonyl (C=O) groups excluding carboxylic acids is 1. The average Bonchev–Trinajstić information content (AvgIpc) is 2.86. The summed E-state index contributed by atoms with van der Waals surface area (Å²) in [6, 6.07) is 6.93. The highest BCUT2D eigenvalue weighted by Crippen LogP contribution is 2.14. The van der Waals surface area contributed by atoms with Crippen LogP contribution in [0.2, 0.25) is 0 Å². The molecule has 0 radical (unpaired) electrons. The molecule has 2 rings (SSSR count). The standard InChI is InChI=1S/C15H19N3O3/c1-3-7-18-9-11(16)8-13(18)15(19)21-10-12-5-4-6-14(17-12)20-2/h4-6,8-9H,3,7,10,16H2,1-2H3. The molecule has 2 heterocycles. The van der Waals surface area contributed by atoms with Crippen LogP contribution in [0.15, 0.2) is 30.5 Å². The van der Waals surface area contributed by atoms with Crippen molar-refractivity contribution in [3.05, 3.63) is 41.9 Å². The van der Waals surface area contributed by atoms with E-state index in [1.54, 1.807) is 42.1 Å². The number of aromatic nitrogens is 2. The highest BCUT2D eigenvalue weighted by Gasteiger charge is 2.14. The van der Waals surface area contributed by atoms with Crippen molar-refractivity contribution in [2.45, 2.75) is 26.5 Å². The fourth-order valence-corrected chi connectivity index (χ4v) is 1.99. The van der Waals surface area contributed by atoms with Crippen LogP contribution in [-0.2, 0) is 17.9 Å². The summed E-state index contributed by atoms with van der Waals surface area (Å²) in [5, 5.41) is 0. The van der Waals surface area contributed by atoms with E-state index in [-0.39, 0.29) is 6.61 Å². The van der Waals surface area contributed by atoms with Crippen LogP contribution in [0.5, 0.6) is 5.88 Å². The van der Waals surface area contributed by atoms with E-state index in [0.717, 1.165) is 13.0 Å². The number of ether oxygens (including phenoxy) is 2. The summed E-state index contributed by atoms with van der Waals surface area (Å²) < 4.78 is 12.1. The van der Waals surface area contributed by atoms with Crippen molar-refractivity contribution in [1.82, 2.24) is 9.55 Å². The number of nitrogens with zero attached hydrogens (tertiary/aromatic N) is 2. The van der Waals surface area contributed by atoms with Gasteiger partial charge in [-0.2, -0.15) is 0 Å². The Labute approximate surface area is 123 Å². The van der Waals surface area contributed by atoms with E-state index < -0.39 is 5.97 Å². The minimum absolute atomic E-state index is 0.0905. The van der Waals surface area contributed by atoms with Gasteiger partial charge in [-0.3, -0.25) is 0 Å². The van der Waals surface area contributed by atoms with E-state index in [4.69, 9.17) is 15.2 Å². The lowest BCUT2D eigenvalue weighted by atomic mass is 10.3. The van der Waals surface area contributed by atoms with Crippen molar-refractivity contribution in [1.29, 1.82) is 0 Å². The summed E-state index contributed by atoms with van der Waals surface area (Å²) >= 11 is 0. The Morgan fingerprint density at radius 1 is 1.43 bits per heavy atom. The molecule has 2 aromatic heterocycles. The Balaban J connectivity index is 2.04. The lowest BCUT2D eigenvalue weighted by molar-refractivity contribution is 0.0454. The van der Waals surface area contributed by atoms with Gasteiger partial charge in [0.25, 0.3) is 0 Å². The van der Waals surface area contributed by atoms with Crippen LogP contribution in [-0.4, -0.2) is 22.6 Å². The van der Waals surface area contributed by atoms with E-state index in [1.807, 2.05) is 6.92 Å². The molecule has 0 saturated carbocycles. The molecule has 0 aliphatic carbocycles. The summed E-state index contributed by atoms with van der Waals surface area (Å²) in [5.74, 6) is 0.0759. The Morgan fingerprint density at radius 3 is 2.95 bits per heavy atom. The van der Waals surface area contributed by atoms with E-state index in [2.05, 4.69) is 4.98 Å². The minimum atomic E-state index is -0.412. The molecule has 2 aromatic rings. The summed E-state index contributed by atoms with van der Waals surface area (Å²) in [4.78, 5) is 16.3. The molecule has 0 aliphatic heterocycles. The fourth-order valence-electron chi connectivity index (χ4n) is 1.99. The van der Waals surface area contributed by atoms with Crippen molar-refractivity contribution in [3.8, 4) is 5.88 Å². The van der Waals surface area contributed by atoms with Crippen LogP contribution in [0.4, 0.5) is 5.69 Å². The summed E-state index contributed by atoms with van der Waals surface area (Å²) in [6.07, 6.45) is 2.65. The Kier molecular flexibility index (Phi) is 4.81. The number of rotatable bonds is 6. The van der Waals surface area contributed by atoms with Gasteiger partial charge in [-0.05, 0) is 18.6 Å². The third-order valence-corrected chi connectivity index (χ3v) is 2.93. The van der Waals surface area contributed by atoms with Crippen molar-refractivity contribution >= 4 is 11.7 Å². The second kappa shape index (κ2) is 6.78. The topological polar surface area (TPSA) is 79.4 Å². The van der Waals surface area contributed by atoms with Crippen molar-refractivity contribution in [2.75, 3.05) is 12.8 Å². The molecule has 0 atom stereocenters. The maximum absolute atomic E-state index is 12.1. The average molecular weight is 289 g/mol. The lowest BCUT2D eigenvalue weighted by Gasteiger charge is -2.08. The van der Waals surface area contributed by atoms with Crippen molar-refractivity contribution in [2.24, 2.45) is 0 Å². The van der Waals surface area contributed by atoms with Crippen LogP contribution in [0.3, 0.4) is 0 Å². The maximum Gasteiger partial charge on any atom is 0.355 e. The van der Waals surface area contributed by atoms with Crippen molar-refractivity contribution in [3.63, 3.8) is 0 Å². The molecular weight excluding hydrogens is 270 g/mol. The van der Waals surface area contributed by atoms with Crippen LogP contribution in [0, 0.1) is 0 Å². The Bertz CT molecular complexity index is 622. The SMILES string of the molecule is CCCn1cc(N)cc1C(=O)OCc1cccc(OC)n1. The first kappa shape index (κ1) is 14.9. The molecule has 6 heteroatoms. The predicted octanol–water partition coefficient (Wildman–Crippen LogP) is 2.24. The van der Waals surface area contributed by atoms with Gasteiger partial charge in [0.2, 0.25) is 5.88 Å². The molecule has 0 spiro atoms. The van der Waals surface area contributed by atoms with E-state index in [1.165, 1.54) is 0 Å². The summed E-state index contributed by atoms with van der Waals surface area (Å²) in [6.45, 7) is 2.84. The first-order valence-corrected chi connectivity index (χ1v) is 6.76. The first-order valence-electron chi connectivity index (χ1n) is 6.76. The number of aryl methyl sites for hydroxylation is 1. The molecule has 0 bridgehead atoms. The number of methoxy groups -OCH3 is 1. The van der Waals surface area contributed by atoms with Crippen LogP contribution < -0.4 is 10.5 Å². The number of esters is 1. The second-order valence-corrected chi connectivity index (χ2v) is 4.60. The molecule has 6 nitrogen and oxygen atoms in total. The van der Waals surface area contributed by atoms with Crippen LogP contribution in [0.25, 0.3) is 0 Å². The largest absolute Gasteiger partial charge is 0.481 e. The zero-order chi connectivity index (χ0) is 15.2. The molecule has 21 heavy (non-hydrogen) atoms. The highest BCUT2D eigenvalue weighted by atomic mass is 16.5. The van der Waals surface area contributed by atoms with Gasteiger partial charge >= 0.3 is 5.97 Å². The lowest BCUT2D eigenvalue weighted by Crippen LogP contribution is -2.12. The minimum Gasteiger partial charge on any atom is -0.481 e. The molecule has 112 valence electrons. The number of carbonyl (C=O) groups is 1.